The summed E-state index contributed by atoms with van der Waals surface area (Å²) >= 11 is 3.32. The monoisotopic (exact) mass is 311 g/mol. The minimum absolute atomic E-state index is 0.0238. The molecule has 0 saturated heterocycles. The van der Waals surface area contributed by atoms with E-state index in [1.807, 2.05) is 6.07 Å². The molecule has 0 atom stereocenters. The largest absolute Gasteiger partial charge is 0.463 e. The van der Waals surface area contributed by atoms with E-state index < -0.39 is 5.97 Å². The second-order valence-electron chi connectivity index (χ2n) is 3.44. The molecular weight excluding hydrogens is 302 g/mol. The number of benzene rings is 1. The average Bonchev–Trinajstić information content (AvgIpc) is 2.87. The predicted molar refractivity (Wildman–Crippen MR) is 66.3 cm³/mol. The van der Waals surface area contributed by atoms with Crippen LogP contribution >= 0.6 is 15.9 Å². The van der Waals surface area contributed by atoms with Crippen LogP contribution in [0.2, 0.25) is 0 Å². The molecule has 7 heteroatoms. The van der Waals surface area contributed by atoms with E-state index in [0.29, 0.717) is 11.3 Å². The fraction of sp³-hybridized carbons (Fsp3) is 0.182. The van der Waals surface area contributed by atoms with E-state index in [4.69, 9.17) is 0 Å². The number of aromatic nitrogens is 3. The molecule has 0 spiro atoms. The fourth-order valence-electron chi connectivity index (χ4n) is 1.47. The van der Waals surface area contributed by atoms with Gasteiger partial charge in [-0.15, -0.1) is 5.10 Å². The first kappa shape index (κ1) is 12.7. The van der Waals surface area contributed by atoms with Crippen molar-refractivity contribution in [3.63, 3.8) is 0 Å². The van der Waals surface area contributed by atoms with Gasteiger partial charge in [0.15, 0.2) is 0 Å². The van der Waals surface area contributed by atoms with E-state index in [-0.39, 0.29) is 12.4 Å². The minimum Gasteiger partial charge on any atom is -0.463 e. The van der Waals surface area contributed by atoms with Gasteiger partial charge in [0.1, 0.15) is 6.33 Å². The quantitative estimate of drug-likeness (QED) is 0.865. The zero-order valence-corrected chi connectivity index (χ0v) is 11.1. The first-order valence-corrected chi connectivity index (χ1v) is 5.84. The van der Waals surface area contributed by atoms with Crippen molar-refractivity contribution < 1.29 is 14.6 Å². The van der Waals surface area contributed by atoms with Crippen LogP contribution in [0.25, 0.3) is 5.69 Å². The van der Waals surface area contributed by atoms with Gasteiger partial charge in [-0.2, -0.15) is 0 Å². The van der Waals surface area contributed by atoms with Gasteiger partial charge in [-0.05, 0) is 18.2 Å². The molecule has 2 rings (SSSR count). The Labute approximate surface area is 111 Å². The topological polar surface area (TPSA) is 77.2 Å². The third-order valence-electron chi connectivity index (χ3n) is 2.32. The molecule has 0 aliphatic carbocycles. The number of hydrogen-bond acceptors (Lipinski definition) is 5. The summed E-state index contributed by atoms with van der Waals surface area (Å²) in [6.45, 7) is -0.137. The SMILES string of the molecule is COC(=O)c1ncn(-c2ccc(Br)cc2CO)n1. The Hall–Kier alpha value is -1.73. The van der Waals surface area contributed by atoms with E-state index in [1.165, 1.54) is 18.1 Å². The number of carbonyl (C=O) groups excluding carboxylic acids is 1. The van der Waals surface area contributed by atoms with Crippen LogP contribution in [0.5, 0.6) is 0 Å². The number of rotatable bonds is 3. The summed E-state index contributed by atoms with van der Waals surface area (Å²) in [5.74, 6) is -0.624. The summed E-state index contributed by atoms with van der Waals surface area (Å²) in [7, 11) is 1.27. The van der Waals surface area contributed by atoms with E-state index in [9.17, 15) is 9.90 Å². The summed E-state index contributed by atoms with van der Waals surface area (Å²) in [5.41, 5.74) is 1.33. The van der Waals surface area contributed by atoms with Gasteiger partial charge >= 0.3 is 5.97 Å². The van der Waals surface area contributed by atoms with Crippen molar-refractivity contribution >= 4 is 21.9 Å². The van der Waals surface area contributed by atoms with E-state index in [0.717, 1.165) is 4.47 Å². The molecule has 94 valence electrons. The molecule has 0 amide bonds. The normalized spacial score (nSPS) is 10.4. The summed E-state index contributed by atoms with van der Waals surface area (Å²) in [6.07, 6.45) is 1.40. The van der Waals surface area contributed by atoms with Crippen molar-refractivity contribution in [2.45, 2.75) is 6.61 Å². The number of aliphatic hydroxyl groups is 1. The van der Waals surface area contributed by atoms with Gasteiger partial charge in [0.2, 0.25) is 0 Å². The van der Waals surface area contributed by atoms with Crippen molar-refractivity contribution in [1.29, 1.82) is 0 Å². The second kappa shape index (κ2) is 5.28. The highest BCUT2D eigenvalue weighted by atomic mass is 79.9. The predicted octanol–water partition coefficient (Wildman–Crippen LogP) is 1.31. The molecule has 1 aromatic carbocycles. The van der Waals surface area contributed by atoms with Gasteiger partial charge in [-0.1, -0.05) is 15.9 Å². The molecule has 0 aliphatic rings. The smallest absolute Gasteiger partial charge is 0.377 e. The zero-order valence-electron chi connectivity index (χ0n) is 9.50. The number of carbonyl (C=O) groups is 1. The highest BCUT2D eigenvalue weighted by molar-refractivity contribution is 9.10. The van der Waals surface area contributed by atoms with Crippen molar-refractivity contribution in [1.82, 2.24) is 14.8 Å². The molecule has 0 unspecified atom stereocenters. The second-order valence-corrected chi connectivity index (χ2v) is 4.35. The van der Waals surface area contributed by atoms with Gasteiger partial charge in [-0.3, -0.25) is 0 Å². The third-order valence-corrected chi connectivity index (χ3v) is 2.81. The van der Waals surface area contributed by atoms with Crippen LogP contribution in [0.3, 0.4) is 0 Å². The standard InChI is InChI=1S/C11H10BrN3O3/c1-18-11(17)10-13-6-15(14-10)9-3-2-8(12)4-7(9)5-16/h2-4,6,16H,5H2,1H3. The molecule has 0 bridgehead atoms. The number of ether oxygens (including phenoxy) is 1. The Morgan fingerprint density at radius 3 is 3.00 bits per heavy atom. The number of esters is 1. The molecule has 18 heavy (non-hydrogen) atoms. The van der Waals surface area contributed by atoms with Gasteiger partial charge in [0.05, 0.1) is 19.4 Å². The van der Waals surface area contributed by atoms with Crippen molar-refractivity contribution in [3.8, 4) is 5.69 Å². The third kappa shape index (κ3) is 2.41. The van der Waals surface area contributed by atoms with Gasteiger partial charge < -0.3 is 9.84 Å². The molecule has 2 aromatic rings. The van der Waals surface area contributed by atoms with Crippen LogP contribution in [0.1, 0.15) is 16.2 Å². The fourth-order valence-corrected chi connectivity index (χ4v) is 1.88. The molecule has 0 radical (unpaired) electrons. The Morgan fingerprint density at radius 1 is 1.56 bits per heavy atom. The number of hydrogen-bond donors (Lipinski definition) is 1. The van der Waals surface area contributed by atoms with E-state index >= 15 is 0 Å². The maximum absolute atomic E-state index is 11.2. The Bertz CT molecular complexity index is 583. The molecule has 1 aromatic heterocycles. The highest BCUT2D eigenvalue weighted by Gasteiger charge is 2.13. The van der Waals surface area contributed by atoms with Gasteiger partial charge in [0.25, 0.3) is 5.82 Å². The molecule has 6 nitrogen and oxygen atoms in total. The number of methoxy groups -OCH3 is 1. The summed E-state index contributed by atoms with van der Waals surface area (Å²) in [6, 6.07) is 5.36. The van der Waals surface area contributed by atoms with Crippen LogP contribution < -0.4 is 0 Å². The molecule has 0 aliphatic heterocycles. The summed E-state index contributed by atoms with van der Waals surface area (Å²) < 4.78 is 6.80. The first-order chi connectivity index (χ1) is 8.65. The van der Waals surface area contributed by atoms with Gasteiger partial charge in [-0.25, -0.2) is 14.5 Å². The lowest BCUT2D eigenvalue weighted by Crippen LogP contribution is -2.06. The number of halogens is 1. The molecule has 1 N–H and O–H groups in total. The van der Waals surface area contributed by atoms with Crippen molar-refractivity contribution in [2.24, 2.45) is 0 Å². The lowest BCUT2D eigenvalue weighted by molar-refractivity contribution is 0.0587. The minimum atomic E-state index is -0.601. The van der Waals surface area contributed by atoms with Crippen molar-refractivity contribution in [2.75, 3.05) is 7.11 Å². The van der Waals surface area contributed by atoms with Crippen LogP contribution in [0, 0.1) is 0 Å². The highest BCUT2D eigenvalue weighted by Crippen LogP contribution is 2.19. The van der Waals surface area contributed by atoms with E-state index in [2.05, 4.69) is 30.7 Å². The molecule has 0 fully saturated rings. The van der Waals surface area contributed by atoms with Crippen LogP contribution in [0.15, 0.2) is 29.0 Å². The van der Waals surface area contributed by atoms with Crippen LogP contribution in [0.4, 0.5) is 0 Å². The van der Waals surface area contributed by atoms with Crippen LogP contribution in [-0.4, -0.2) is 33.0 Å². The number of nitrogens with zero attached hydrogens (tertiary/aromatic N) is 3. The summed E-state index contributed by atoms with van der Waals surface area (Å²) in [5, 5.41) is 13.3. The van der Waals surface area contributed by atoms with Gasteiger partial charge in [0, 0.05) is 10.0 Å². The van der Waals surface area contributed by atoms with Crippen molar-refractivity contribution in [3.05, 3.63) is 40.4 Å². The molecule has 1 heterocycles. The lowest BCUT2D eigenvalue weighted by atomic mass is 10.2. The Kier molecular flexibility index (Phi) is 3.73. The Morgan fingerprint density at radius 2 is 2.33 bits per heavy atom. The zero-order chi connectivity index (χ0) is 13.1. The lowest BCUT2D eigenvalue weighted by Gasteiger charge is -2.06. The first-order valence-electron chi connectivity index (χ1n) is 5.05. The Balaban J connectivity index is 2.42. The maximum atomic E-state index is 11.2. The average molecular weight is 312 g/mol. The van der Waals surface area contributed by atoms with E-state index in [1.54, 1.807) is 12.1 Å². The number of aliphatic hydroxyl groups excluding tert-OH is 1. The van der Waals surface area contributed by atoms with Crippen LogP contribution in [-0.2, 0) is 11.3 Å². The molecular formula is C11H10BrN3O3. The molecule has 0 saturated carbocycles. The summed E-state index contributed by atoms with van der Waals surface area (Å²) in [4.78, 5) is 15.1. The maximum Gasteiger partial charge on any atom is 0.377 e.